The molecular formula is C27H27FN4O2. The van der Waals surface area contributed by atoms with Crippen LogP contribution in [-0.4, -0.2) is 59.8 Å². The number of hydrogen-bond donors (Lipinski definition) is 2. The van der Waals surface area contributed by atoms with Gasteiger partial charge in [-0.3, -0.25) is 9.59 Å². The molecule has 4 aromatic rings. The van der Waals surface area contributed by atoms with E-state index < -0.39 is 5.91 Å². The minimum atomic E-state index is -0.572. The lowest BCUT2D eigenvalue weighted by Crippen LogP contribution is -2.44. The Morgan fingerprint density at radius 2 is 1.76 bits per heavy atom. The Kier molecular flexibility index (Phi) is 5.57. The molecule has 0 saturated carbocycles. The molecule has 0 spiro atoms. The molecule has 1 saturated heterocycles. The molecule has 34 heavy (non-hydrogen) atoms. The van der Waals surface area contributed by atoms with Crippen molar-refractivity contribution in [2.75, 3.05) is 27.2 Å². The zero-order valence-electron chi connectivity index (χ0n) is 19.3. The number of amides is 2. The molecular weight excluding hydrogens is 431 g/mol. The van der Waals surface area contributed by atoms with Gasteiger partial charge in [-0.1, -0.05) is 30.3 Å². The Morgan fingerprint density at radius 3 is 2.44 bits per heavy atom. The fourth-order valence-corrected chi connectivity index (χ4v) is 5.02. The standard InChI is InChI=1S/C27H27FN4O2/c1-31(2)17-11-13-32(14-12-17)27(34)16-7-8-20-23(15-16)30-25-21(26(29)33)10-9-19(24(20)25)18-5-3-4-6-22(18)28/h3-10,15,17,30H,11-14H2,1-2H3,(H2,29,33). The van der Waals surface area contributed by atoms with Gasteiger partial charge in [0.2, 0.25) is 0 Å². The lowest BCUT2D eigenvalue weighted by Gasteiger charge is -2.35. The molecule has 3 aromatic carbocycles. The molecule has 5 rings (SSSR count). The second-order valence-corrected chi connectivity index (χ2v) is 9.13. The van der Waals surface area contributed by atoms with Crippen molar-refractivity contribution in [1.82, 2.24) is 14.8 Å². The molecule has 0 radical (unpaired) electrons. The van der Waals surface area contributed by atoms with E-state index in [1.54, 1.807) is 36.4 Å². The third-order valence-corrected chi connectivity index (χ3v) is 6.91. The van der Waals surface area contributed by atoms with Crippen molar-refractivity contribution in [3.63, 3.8) is 0 Å². The minimum Gasteiger partial charge on any atom is -0.366 e. The predicted molar refractivity (Wildman–Crippen MR) is 132 cm³/mol. The van der Waals surface area contributed by atoms with Crippen molar-refractivity contribution >= 4 is 33.6 Å². The number of halogens is 1. The number of carbonyl (C=O) groups excluding carboxylic acids is 2. The monoisotopic (exact) mass is 458 g/mol. The number of nitrogens with zero attached hydrogens (tertiary/aromatic N) is 2. The summed E-state index contributed by atoms with van der Waals surface area (Å²) in [5, 5.41) is 1.52. The van der Waals surface area contributed by atoms with Crippen LogP contribution in [0.1, 0.15) is 33.6 Å². The maximum absolute atomic E-state index is 14.7. The molecule has 1 aliphatic heterocycles. The third-order valence-electron chi connectivity index (χ3n) is 6.91. The second kappa shape index (κ2) is 8.57. The number of rotatable bonds is 4. The number of piperidine rings is 1. The second-order valence-electron chi connectivity index (χ2n) is 9.13. The number of benzene rings is 3. The maximum atomic E-state index is 14.7. The summed E-state index contributed by atoms with van der Waals surface area (Å²) in [5.41, 5.74) is 8.88. The molecule has 7 heteroatoms. The van der Waals surface area contributed by atoms with Crippen LogP contribution in [0.4, 0.5) is 4.39 Å². The number of aromatic amines is 1. The van der Waals surface area contributed by atoms with Gasteiger partial charge in [-0.15, -0.1) is 0 Å². The van der Waals surface area contributed by atoms with Gasteiger partial charge in [-0.05, 0) is 56.8 Å². The first-order chi connectivity index (χ1) is 16.3. The van der Waals surface area contributed by atoms with Gasteiger partial charge in [-0.25, -0.2) is 4.39 Å². The summed E-state index contributed by atoms with van der Waals surface area (Å²) in [7, 11) is 4.14. The highest BCUT2D eigenvalue weighted by atomic mass is 19.1. The molecule has 2 amide bonds. The number of carbonyl (C=O) groups is 2. The minimum absolute atomic E-state index is 0.0118. The van der Waals surface area contributed by atoms with Crippen molar-refractivity contribution in [3.8, 4) is 11.1 Å². The quantitative estimate of drug-likeness (QED) is 0.476. The van der Waals surface area contributed by atoms with Crippen LogP contribution in [0.15, 0.2) is 54.6 Å². The lowest BCUT2D eigenvalue weighted by molar-refractivity contribution is 0.0663. The Balaban J connectivity index is 1.60. The highest BCUT2D eigenvalue weighted by molar-refractivity contribution is 6.20. The largest absolute Gasteiger partial charge is 0.366 e. The van der Waals surface area contributed by atoms with Gasteiger partial charge in [0.05, 0.1) is 11.1 Å². The molecule has 1 fully saturated rings. The summed E-state index contributed by atoms with van der Waals surface area (Å²) in [5.74, 6) is -0.934. The lowest BCUT2D eigenvalue weighted by atomic mass is 9.96. The molecule has 0 unspecified atom stereocenters. The average molecular weight is 459 g/mol. The van der Waals surface area contributed by atoms with Gasteiger partial charge in [-0.2, -0.15) is 0 Å². The molecule has 1 aromatic heterocycles. The van der Waals surface area contributed by atoms with E-state index >= 15 is 0 Å². The van der Waals surface area contributed by atoms with E-state index in [0.29, 0.717) is 44.7 Å². The average Bonchev–Trinajstić information content (AvgIpc) is 3.22. The van der Waals surface area contributed by atoms with Crippen LogP contribution in [0.2, 0.25) is 0 Å². The topological polar surface area (TPSA) is 82.4 Å². The number of nitrogens with one attached hydrogen (secondary N) is 1. The van der Waals surface area contributed by atoms with Crippen LogP contribution >= 0.6 is 0 Å². The number of hydrogen-bond acceptors (Lipinski definition) is 3. The van der Waals surface area contributed by atoms with E-state index in [0.717, 1.165) is 31.3 Å². The Morgan fingerprint density at radius 1 is 1.03 bits per heavy atom. The zero-order chi connectivity index (χ0) is 24.0. The summed E-state index contributed by atoms with van der Waals surface area (Å²) in [6, 6.07) is 15.8. The van der Waals surface area contributed by atoms with E-state index in [9.17, 15) is 14.0 Å². The number of H-pyrrole nitrogens is 1. The first kappa shape index (κ1) is 22.1. The summed E-state index contributed by atoms with van der Waals surface area (Å²) in [6.07, 6.45) is 1.89. The number of aromatic nitrogens is 1. The van der Waals surface area contributed by atoms with E-state index in [-0.39, 0.29) is 11.7 Å². The zero-order valence-corrected chi connectivity index (χ0v) is 19.3. The smallest absolute Gasteiger partial charge is 0.253 e. The normalized spacial score (nSPS) is 14.9. The number of primary amides is 1. The van der Waals surface area contributed by atoms with Crippen LogP contribution < -0.4 is 5.73 Å². The van der Waals surface area contributed by atoms with Crippen LogP contribution in [0.25, 0.3) is 32.9 Å². The molecule has 0 aliphatic carbocycles. The Hall–Kier alpha value is -3.71. The van der Waals surface area contributed by atoms with Gasteiger partial charge in [0.1, 0.15) is 5.82 Å². The van der Waals surface area contributed by atoms with Crippen LogP contribution in [-0.2, 0) is 0 Å². The first-order valence-corrected chi connectivity index (χ1v) is 11.4. The summed E-state index contributed by atoms with van der Waals surface area (Å²) >= 11 is 0. The maximum Gasteiger partial charge on any atom is 0.253 e. The Labute approximate surface area is 197 Å². The van der Waals surface area contributed by atoms with Crippen molar-refractivity contribution in [2.24, 2.45) is 5.73 Å². The summed E-state index contributed by atoms with van der Waals surface area (Å²) < 4.78 is 14.7. The number of likely N-dealkylation sites (tertiary alicyclic amines) is 1. The third kappa shape index (κ3) is 3.72. The van der Waals surface area contributed by atoms with E-state index in [1.807, 2.05) is 17.0 Å². The van der Waals surface area contributed by atoms with Gasteiger partial charge in [0.15, 0.2) is 0 Å². The van der Waals surface area contributed by atoms with E-state index in [1.165, 1.54) is 6.07 Å². The van der Waals surface area contributed by atoms with Gasteiger partial charge in [0, 0.05) is 46.5 Å². The fourth-order valence-electron chi connectivity index (χ4n) is 5.02. The van der Waals surface area contributed by atoms with Crippen LogP contribution in [0.3, 0.4) is 0 Å². The molecule has 1 aliphatic rings. The predicted octanol–water partition coefficient (Wildman–Crippen LogP) is 4.39. The highest BCUT2D eigenvalue weighted by Crippen LogP contribution is 2.37. The van der Waals surface area contributed by atoms with Gasteiger partial charge >= 0.3 is 0 Å². The molecule has 3 N–H and O–H groups in total. The Bertz CT molecular complexity index is 1420. The van der Waals surface area contributed by atoms with Crippen LogP contribution in [0, 0.1) is 5.82 Å². The van der Waals surface area contributed by atoms with Crippen molar-refractivity contribution in [2.45, 2.75) is 18.9 Å². The molecule has 0 bridgehead atoms. The molecule has 6 nitrogen and oxygen atoms in total. The molecule has 174 valence electrons. The first-order valence-electron chi connectivity index (χ1n) is 11.4. The summed E-state index contributed by atoms with van der Waals surface area (Å²) in [4.78, 5) is 32.7. The fraction of sp³-hybridized carbons (Fsp3) is 0.259. The van der Waals surface area contributed by atoms with E-state index in [4.69, 9.17) is 5.73 Å². The van der Waals surface area contributed by atoms with Gasteiger partial charge in [0.25, 0.3) is 11.8 Å². The highest BCUT2D eigenvalue weighted by Gasteiger charge is 2.25. The van der Waals surface area contributed by atoms with Gasteiger partial charge < -0.3 is 20.5 Å². The SMILES string of the molecule is CN(C)C1CCN(C(=O)c2ccc3c(c2)[nH]c2c(C(N)=O)ccc(-c4ccccc4F)c23)CC1. The van der Waals surface area contributed by atoms with Crippen molar-refractivity contribution in [1.29, 1.82) is 0 Å². The molecule has 0 atom stereocenters. The van der Waals surface area contributed by atoms with Crippen molar-refractivity contribution < 1.29 is 14.0 Å². The number of nitrogens with two attached hydrogens (primary N) is 1. The summed E-state index contributed by atoms with van der Waals surface area (Å²) in [6.45, 7) is 1.44. The van der Waals surface area contributed by atoms with E-state index in [2.05, 4.69) is 24.0 Å². The molecule has 2 heterocycles. The van der Waals surface area contributed by atoms with Crippen molar-refractivity contribution in [3.05, 3.63) is 71.5 Å². The number of fused-ring (bicyclic) bond motifs is 3. The van der Waals surface area contributed by atoms with Crippen LogP contribution in [0.5, 0.6) is 0 Å².